The third kappa shape index (κ3) is 3.26. The summed E-state index contributed by atoms with van der Waals surface area (Å²) in [5.41, 5.74) is 1.57. The molecule has 134 valence electrons. The Bertz CT molecular complexity index is 960. The van der Waals surface area contributed by atoms with Crippen LogP contribution in [0, 0.1) is 0 Å². The summed E-state index contributed by atoms with van der Waals surface area (Å²) in [5.74, 6) is -0.0316. The minimum Gasteiger partial charge on any atom is -0.497 e. The maximum Gasteiger partial charge on any atom is 0.342 e. The molecule has 0 aliphatic heterocycles. The summed E-state index contributed by atoms with van der Waals surface area (Å²) in [4.78, 5) is 28.2. The van der Waals surface area contributed by atoms with Crippen LogP contribution in [-0.4, -0.2) is 37.1 Å². The Morgan fingerprint density at radius 1 is 1.00 bits per heavy atom. The quantitative estimate of drug-likeness (QED) is 0.541. The van der Waals surface area contributed by atoms with Gasteiger partial charge in [0.25, 0.3) is 0 Å². The number of fused-ring (bicyclic) bond motifs is 1. The molecule has 0 radical (unpaired) electrons. The minimum atomic E-state index is -0.937. The van der Waals surface area contributed by atoms with Crippen molar-refractivity contribution < 1.29 is 23.8 Å². The van der Waals surface area contributed by atoms with Crippen molar-refractivity contribution in [2.24, 2.45) is 0 Å². The predicted octanol–water partition coefficient (Wildman–Crippen LogP) is 3.61. The number of methoxy groups -OCH3 is 2. The van der Waals surface area contributed by atoms with Gasteiger partial charge in [-0.25, -0.2) is 4.79 Å². The number of H-pyrrole nitrogens is 1. The van der Waals surface area contributed by atoms with Crippen molar-refractivity contribution in [3.63, 3.8) is 0 Å². The average Bonchev–Trinajstić information content (AvgIpc) is 3.10. The molecule has 6 nitrogen and oxygen atoms in total. The summed E-state index contributed by atoms with van der Waals surface area (Å²) in [5, 5.41) is 0.794. The molecule has 1 aromatic heterocycles. The van der Waals surface area contributed by atoms with Gasteiger partial charge in [-0.1, -0.05) is 18.2 Å². The zero-order chi connectivity index (χ0) is 18.7. The van der Waals surface area contributed by atoms with Gasteiger partial charge in [0.1, 0.15) is 17.1 Å². The van der Waals surface area contributed by atoms with Crippen molar-refractivity contribution >= 4 is 22.7 Å². The Labute approximate surface area is 150 Å². The zero-order valence-electron chi connectivity index (χ0n) is 14.7. The van der Waals surface area contributed by atoms with Crippen molar-refractivity contribution in [1.29, 1.82) is 0 Å². The molecular formula is C20H19NO5. The molecule has 1 heterocycles. The largest absolute Gasteiger partial charge is 0.497 e. The molecule has 0 fully saturated rings. The number of nitrogens with one attached hydrogen (secondary N) is 1. The van der Waals surface area contributed by atoms with Gasteiger partial charge in [0, 0.05) is 28.7 Å². The van der Waals surface area contributed by atoms with Gasteiger partial charge in [0.2, 0.25) is 5.78 Å². The lowest BCUT2D eigenvalue weighted by Gasteiger charge is -2.14. The lowest BCUT2D eigenvalue weighted by atomic mass is 10.1. The number of hydrogen-bond donors (Lipinski definition) is 1. The summed E-state index contributed by atoms with van der Waals surface area (Å²) in [6.45, 7) is 1.55. The number of rotatable bonds is 6. The fraction of sp³-hybridized carbons (Fsp3) is 0.200. The van der Waals surface area contributed by atoms with E-state index in [1.807, 2.05) is 24.3 Å². The van der Waals surface area contributed by atoms with E-state index in [0.29, 0.717) is 17.1 Å². The highest BCUT2D eigenvalue weighted by molar-refractivity contribution is 6.10. The van der Waals surface area contributed by atoms with Crippen LogP contribution in [0.25, 0.3) is 10.9 Å². The van der Waals surface area contributed by atoms with E-state index >= 15 is 0 Å². The second-order valence-electron chi connectivity index (χ2n) is 5.73. The van der Waals surface area contributed by atoms with Crippen molar-refractivity contribution in [3.05, 3.63) is 59.8 Å². The molecule has 1 N–H and O–H groups in total. The number of carbonyl (C=O) groups is 2. The van der Waals surface area contributed by atoms with Gasteiger partial charge in [0.15, 0.2) is 6.10 Å². The standard InChI is InChI=1S/C20H19NO5/c1-12(19(22)16-11-21-17-7-5-4-6-14(16)17)26-20(23)15-9-8-13(24-2)10-18(15)25-3/h4-12,21H,1-3H3/t12-/m1/s1. The summed E-state index contributed by atoms with van der Waals surface area (Å²) < 4.78 is 15.7. The number of carbonyl (C=O) groups excluding carboxylic acids is 2. The molecular weight excluding hydrogens is 334 g/mol. The van der Waals surface area contributed by atoms with Gasteiger partial charge >= 0.3 is 5.97 Å². The van der Waals surface area contributed by atoms with Crippen LogP contribution in [0.1, 0.15) is 27.6 Å². The van der Waals surface area contributed by atoms with E-state index in [-0.39, 0.29) is 11.3 Å². The van der Waals surface area contributed by atoms with Crippen molar-refractivity contribution in [2.75, 3.05) is 14.2 Å². The van der Waals surface area contributed by atoms with Gasteiger partial charge in [-0.2, -0.15) is 0 Å². The molecule has 3 rings (SSSR count). The number of aromatic amines is 1. The highest BCUT2D eigenvalue weighted by atomic mass is 16.5. The first-order valence-electron chi connectivity index (χ1n) is 8.08. The Balaban J connectivity index is 1.80. The third-order valence-corrected chi connectivity index (χ3v) is 4.14. The SMILES string of the molecule is COc1ccc(C(=O)O[C@H](C)C(=O)c2c[nH]c3ccccc23)c(OC)c1. The number of benzene rings is 2. The zero-order valence-corrected chi connectivity index (χ0v) is 14.7. The summed E-state index contributed by atoms with van der Waals surface area (Å²) in [6.07, 6.45) is 0.694. The van der Waals surface area contributed by atoms with Crippen LogP contribution >= 0.6 is 0 Å². The van der Waals surface area contributed by atoms with Crippen molar-refractivity contribution in [1.82, 2.24) is 4.98 Å². The van der Waals surface area contributed by atoms with Gasteiger partial charge in [-0.3, -0.25) is 4.79 Å². The maximum absolute atomic E-state index is 12.7. The molecule has 0 spiro atoms. The first kappa shape index (κ1) is 17.5. The molecule has 0 amide bonds. The van der Waals surface area contributed by atoms with E-state index in [0.717, 1.165) is 10.9 Å². The van der Waals surface area contributed by atoms with E-state index < -0.39 is 12.1 Å². The Morgan fingerprint density at radius 3 is 2.50 bits per heavy atom. The van der Waals surface area contributed by atoms with Gasteiger partial charge in [-0.05, 0) is 25.1 Å². The summed E-state index contributed by atoms with van der Waals surface area (Å²) in [7, 11) is 2.97. The van der Waals surface area contributed by atoms with E-state index in [9.17, 15) is 9.59 Å². The molecule has 1 atom stereocenters. The lowest BCUT2D eigenvalue weighted by molar-refractivity contribution is 0.0316. The van der Waals surface area contributed by atoms with Crippen LogP contribution in [0.4, 0.5) is 0 Å². The van der Waals surface area contributed by atoms with Crippen LogP contribution < -0.4 is 9.47 Å². The monoisotopic (exact) mass is 353 g/mol. The number of para-hydroxylation sites is 1. The molecule has 26 heavy (non-hydrogen) atoms. The molecule has 0 saturated carbocycles. The minimum absolute atomic E-state index is 0.229. The van der Waals surface area contributed by atoms with Gasteiger partial charge in [-0.15, -0.1) is 0 Å². The molecule has 0 unspecified atom stereocenters. The van der Waals surface area contributed by atoms with Gasteiger partial charge in [0.05, 0.1) is 14.2 Å². The average molecular weight is 353 g/mol. The second-order valence-corrected chi connectivity index (χ2v) is 5.73. The number of esters is 1. The van der Waals surface area contributed by atoms with Crippen LogP contribution in [-0.2, 0) is 4.74 Å². The number of hydrogen-bond acceptors (Lipinski definition) is 5. The second kappa shape index (κ2) is 7.31. The van der Waals surface area contributed by atoms with Crippen LogP contribution in [0.3, 0.4) is 0 Å². The molecule has 0 aliphatic carbocycles. The molecule has 0 saturated heterocycles. The fourth-order valence-electron chi connectivity index (χ4n) is 2.74. The molecule has 0 aliphatic rings. The lowest BCUT2D eigenvalue weighted by Crippen LogP contribution is -2.24. The summed E-state index contributed by atoms with van der Waals surface area (Å²) in [6, 6.07) is 12.2. The highest BCUT2D eigenvalue weighted by Gasteiger charge is 2.24. The predicted molar refractivity (Wildman–Crippen MR) is 97.1 cm³/mol. The molecule has 6 heteroatoms. The molecule has 0 bridgehead atoms. The fourth-order valence-corrected chi connectivity index (χ4v) is 2.74. The van der Waals surface area contributed by atoms with E-state index in [2.05, 4.69) is 4.98 Å². The maximum atomic E-state index is 12.7. The first-order valence-corrected chi connectivity index (χ1v) is 8.08. The van der Waals surface area contributed by atoms with Crippen LogP contribution in [0.15, 0.2) is 48.7 Å². The summed E-state index contributed by atoms with van der Waals surface area (Å²) >= 11 is 0. The van der Waals surface area contributed by atoms with Crippen molar-refractivity contribution in [2.45, 2.75) is 13.0 Å². The van der Waals surface area contributed by atoms with Crippen LogP contribution in [0.5, 0.6) is 11.5 Å². The first-order chi connectivity index (χ1) is 12.5. The number of aromatic nitrogens is 1. The van der Waals surface area contributed by atoms with E-state index in [4.69, 9.17) is 14.2 Å². The normalized spacial score (nSPS) is 11.8. The Hall–Kier alpha value is -3.28. The number of ketones is 1. The number of Topliss-reactive ketones (excluding diaryl/α,β-unsaturated/α-hetero) is 1. The van der Waals surface area contributed by atoms with E-state index in [1.54, 1.807) is 31.3 Å². The third-order valence-electron chi connectivity index (χ3n) is 4.14. The Kier molecular flexibility index (Phi) is 4.93. The van der Waals surface area contributed by atoms with Gasteiger partial charge < -0.3 is 19.2 Å². The number of ether oxygens (including phenoxy) is 3. The topological polar surface area (TPSA) is 77.6 Å². The smallest absolute Gasteiger partial charge is 0.342 e. The molecule has 2 aromatic carbocycles. The van der Waals surface area contributed by atoms with Crippen molar-refractivity contribution in [3.8, 4) is 11.5 Å². The highest BCUT2D eigenvalue weighted by Crippen LogP contribution is 2.26. The molecule has 3 aromatic rings. The van der Waals surface area contributed by atoms with Crippen LogP contribution in [0.2, 0.25) is 0 Å². The van der Waals surface area contributed by atoms with E-state index in [1.165, 1.54) is 14.2 Å². The Morgan fingerprint density at radius 2 is 1.77 bits per heavy atom.